The predicted octanol–water partition coefficient (Wildman–Crippen LogP) is -2.96. The summed E-state index contributed by atoms with van der Waals surface area (Å²) >= 11 is 0. The van der Waals surface area contributed by atoms with Gasteiger partial charge in [0.05, 0.1) is 36.8 Å². The van der Waals surface area contributed by atoms with E-state index in [1.165, 1.54) is 6.92 Å². The maximum Gasteiger partial charge on any atom is 0.303 e. The van der Waals surface area contributed by atoms with Crippen molar-refractivity contribution in [3.05, 3.63) is 0 Å². The first kappa shape index (κ1) is 23.0. The minimum absolute atomic E-state index is 0.0811. The molecular formula is C16H26N2O9. The highest BCUT2D eigenvalue weighted by molar-refractivity contribution is 5.90. The van der Waals surface area contributed by atoms with Gasteiger partial charge in [-0.1, -0.05) is 0 Å². The predicted molar refractivity (Wildman–Crippen MR) is 89.3 cm³/mol. The number of aliphatic hydroxyl groups is 4. The van der Waals surface area contributed by atoms with E-state index in [2.05, 4.69) is 10.6 Å². The first-order valence-corrected chi connectivity index (χ1v) is 8.48. The molecule has 0 bridgehead atoms. The quantitative estimate of drug-likeness (QED) is 0.215. The van der Waals surface area contributed by atoms with Crippen LogP contribution >= 0.6 is 0 Å². The molecule has 0 aliphatic heterocycles. The van der Waals surface area contributed by atoms with Crippen LogP contribution in [0.25, 0.3) is 0 Å². The fourth-order valence-corrected chi connectivity index (χ4v) is 2.93. The van der Waals surface area contributed by atoms with Gasteiger partial charge in [0.25, 0.3) is 0 Å². The van der Waals surface area contributed by atoms with Crippen LogP contribution in [-0.2, 0) is 19.2 Å². The maximum atomic E-state index is 11.9. The van der Waals surface area contributed by atoms with Gasteiger partial charge >= 0.3 is 5.97 Å². The van der Waals surface area contributed by atoms with Crippen LogP contribution in [0.3, 0.4) is 0 Å². The van der Waals surface area contributed by atoms with Crippen LogP contribution in [-0.4, -0.2) is 85.6 Å². The van der Waals surface area contributed by atoms with Gasteiger partial charge in [-0.05, 0) is 13.3 Å². The lowest BCUT2D eigenvalue weighted by Gasteiger charge is -2.39. The Hall–Kier alpha value is -2.08. The average molecular weight is 390 g/mol. The number of hydrogen-bond donors (Lipinski definition) is 7. The lowest BCUT2D eigenvalue weighted by molar-refractivity contribution is -0.161. The Morgan fingerprint density at radius 1 is 1.07 bits per heavy atom. The Bertz CT molecular complexity index is 568. The fourth-order valence-electron chi connectivity index (χ4n) is 2.93. The van der Waals surface area contributed by atoms with Crippen molar-refractivity contribution in [1.82, 2.24) is 10.6 Å². The standard InChI is InChI=1S/C16H26N2O9/c1-8(19)9(2-3-14(24)25)18-13(23)7-17-12(22)6-16(27)4-10(20)15(26)11(21)5-16/h9-11,15,20-21,26-27H,2-7H2,1H3,(H,17,22)(H,18,23)(H,24,25)/t9?,10-,11-,15-,16+/m1/s1. The minimum Gasteiger partial charge on any atom is -0.481 e. The number of ketones is 1. The van der Waals surface area contributed by atoms with Gasteiger partial charge in [0.2, 0.25) is 11.8 Å². The number of amides is 2. The van der Waals surface area contributed by atoms with Gasteiger partial charge in [-0.3, -0.25) is 19.2 Å². The van der Waals surface area contributed by atoms with E-state index < -0.39 is 66.5 Å². The first-order chi connectivity index (χ1) is 12.4. The van der Waals surface area contributed by atoms with E-state index in [1.807, 2.05) is 0 Å². The Labute approximate surface area is 155 Å². The van der Waals surface area contributed by atoms with Crippen molar-refractivity contribution >= 4 is 23.6 Å². The van der Waals surface area contributed by atoms with Crippen LogP contribution in [0.2, 0.25) is 0 Å². The lowest BCUT2D eigenvalue weighted by Crippen LogP contribution is -2.54. The molecule has 0 aromatic rings. The molecule has 0 radical (unpaired) electrons. The number of carboxylic acids is 1. The zero-order valence-corrected chi connectivity index (χ0v) is 14.9. The summed E-state index contributed by atoms with van der Waals surface area (Å²) in [6.07, 6.45) is -5.70. The highest BCUT2D eigenvalue weighted by Gasteiger charge is 2.44. The van der Waals surface area contributed by atoms with Crippen LogP contribution < -0.4 is 10.6 Å². The van der Waals surface area contributed by atoms with Gasteiger partial charge in [-0.25, -0.2) is 0 Å². The van der Waals surface area contributed by atoms with Crippen LogP contribution in [0.1, 0.15) is 39.0 Å². The summed E-state index contributed by atoms with van der Waals surface area (Å²) in [5.74, 6) is -2.97. The number of aliphatic carboxylic acids is 1. The summed E-state index contributed by atoms with van der Waals surface area (Å²) in [6.45, 7) is 0.703. The second-order valence-electron chi connectivity index (χ2n) is 6.87. The molecule has 0 aromatic heterocycles. The third kappa shape index (κ3) is 7.59. The number of nitrogens with one attached hydrogen (secondary N) is 2. The molecule has 0 aromatic carbocycles. The van der Waals surface area contributed by atoms with Crippen molar-refractivity contribution in [2.45, 2.75) is 69.0 Å². The molecular weight excluding hydrogens is 364 g/mol. The Balaban J connectivity index is 2.47. The normalized spacial score (nSPS) is 28.9. The molecule has 1 rings (SSSR count). The molecule has 7 N–H and O–H groups in total. The van der Waals surface area contributed by atoms with Gasteiger partial charge < -0.3 is 36.2 Å². The van der Waals surface area contributed by atoms with Crippen LogP contribution in [0.5, 0.6) is 0 Å². The molecule has 1 saturated carbocycles. The van der Waals surface area contributed by atoms with Gasteiger partial charge in [0.15, 0.2) is 5.78 Å². The number of rotatable bonds is 9. The highest BCUT2D eigenvalue weighted by atomic mass is 16.4. The first-order valence-electron chi connectivity index (χ1n) is 8.48. The summed E-state index contributed by atoms with van der Waals surface area (Å²) in [6, 6.07) is -0.986. The number of hydrogen-bond acceptors (Lipinski definition) is 8. The highest BCUT2D eigenvalue weighted by Crippen LogP contribution is 2.31. The van der Waals surface area contributed by atoms with Gasteiger partial charge in [0.1, 0.15) is 6.10 Å². The number of carboxylic acid groups (broad SMARTS) is 1. The fraction of sp³-hybridized carbons (Fsp3) is 0.750. The molecule has 154 valence electrons. The van der Waals surface area contributed by atoms with Crippen LogP contribution in [0.4, 0.5) is 0 Å². The summed E-state index contributed by atoms with van der Waals surface area (Å²) in [5.41, 5.74) is -1.73. The smallest absolute Gasteiger partial charge is 0.303 e. The summed E-state index contributed by atoms with van der Waals surface area (Å²) < 4.78 is 0. The van der Waals surface area contributed by atoms with Crippen molar-refractivity contribution in [1.29, 1.82) is 0 Å². The molecule has 0 saturated heterocycles. The van der Waals surface area contributed by atoms with E-state index in [1.54, 1.807) is 0 Å². The number of aliphatic hydroxyl groups excluding tert-OH is 3. The molecule has 1 aliphatic rings. The minimum atomic E-state index is -1.73. The third-order valence-corrected chi connectivity index (χ3v) is 4.38. The maximum absolute atomic E-state index is 11.9. The van der Waals surface area contributed by atoms with E-state index in [0.717, 1.165) is 0 Å². The van der Waals surface area contributed by atoms with E-state index in [9.17, 15) is 39.6 Å². The van der Waals surface area contributed by atoms with Gasteiger partial charge in [-0.2, -0.15) is 0 Å². The monoisotopic (exact) mass is 390 g/mol. The molecule has 11 heteroatoms. The van der Waals surface area contributed by atoms with Crippen LogP contribution in [0, 0.1) is 0 Å². The SMILES string of the molecule is CC(=O)C(CCC(=O)O)NC(=O)CNC(=O)C[C@]1(O)C[C@@H](O)[C@@H](O)[C@H](O)C1. The number of carbonyl (C=O) groups is 4. The zero-order chi connectivity index (χ0) is 20.8. The van der Waals surface area contributed by atoms with Crippen molar-refractivity contribution in [2.75, 3.05) is 6.54 Å². The molecule has 1 fully saturated rings. The van der Waals surface area contributed by atoms with Gasteiger partial charge in [-0.15, -0.1) is 0 Å². The topological polar surface area (TPSA) is 193 Å². The second kappa shape index (κ2) is 9.74. The van der Waals surface area contributed by atoms with E-state index >= 15 is 0 Å². The molecule has 1 aliphatic carbocycles. The van der Waals surface area contributed by atoms with Crippen molar-refractivity contribution < 1.29 is 44.7 Å². The van der Waals surface area contributed by atoms with E-state index in [0.29, 0.717) is 0 Å². The average Bonchev–Trinajstić information content (AvgIpc) is 2.53. The third-order valence-electron chi connectivity index (χ3n) is 4.38. The lowest BCUT2D eigenvalue weighted by atomic mass is 9.77. The van der Waals surface area contributed by atoms with E-state index in [-0.39, 0.29) is 25.7 Å². The second-order valence-corrected chi connectivity index (χ2v) is 6.87. The van der Waals surface area contributed by atoms with E-state index in [4.69, 9.17) is 5.11 Å². The molecule has 11 nitrogen and oxygen atoms in total. The molecule has 1 unspecified atom stereocenters. The molecule has 0 spiro atoms. The molecule has 3 atom stereocenters. The van der Waals surface area contributed by atoms with Crippen molar-refractivity contribution in [3.63, 3.8) is 0 Å². The molecule has 2 amide bonds. The van der Waals surface area contributed by atoms with Crippen molar-refractivity contribution in [3.8, 4) is 0 Å². The summed E-state index contributed by atoms with van der Waals surface area (Å²) in [7, 11) is 0. The molecule has 27 heavy (non-hydrogen) atoms. The Morgan fingerprint density at radius 2 is 1.63 bits per heavy atom. The summed E-state index contributed by atoms with van der Waals surface area (Å²) in [4.78, 5) is 45.7. The number of Topliss-reactive ketones (excluding diaryl/α,β-unsaturated/α-hetero) is 1. The van der Waals surface area contributed by atoms with Gasteiger partial charge in [0, 0.05) is 19.3 Å². The summed E-state index contributed by atoms with van der Waals surface area (Å²) in [5, 5.41) is 52.2. The Morgan fingerprint density at radius 3 is 2.11 bits per heavy atom. The van der Waals surface area contributed by atoms with Crippen LogP contribution in [0.15, 0.2) is 0 Å². The van der Waals surface area contributed by atoms with Crippen molar-refractivity contribution in [2.24, 2.45) is 0 Å². The number of carbonyl (C=O) groups excluding carboxylic acids is 3. The Kier molecular flexibility index (Phi) is 8.28. The largest absolute Gasteiger partial charge is 0.481 e. The zero-order valence-electron chi connectivity index (χ0n) is 14.9. The molecule has 0 heterocycles.